The molecule has 1 unspecified atom stereocenters. The highest BCUT2D eigenvalue weighted by Gasteiger charge is 2.49. The maximum atomic E-state index is 12.0. The normalized spacial score (nSPS) is 22.9. The molecule has 0 saturated carbocycles. The number of hydrogen-bond donors (Lipinski definition) is 1. The van der Waals surface area contributed by atoms with Crippen LogP contribution >= 0.6 is 0 Å². The van der Waals surface area contributed by atoms with E-state index in [-0.39, 0.29) is 13.0 Å². The average molecular weight is 282 g/mol. The first kappa shape index (κ1) is 14.3. The van der Waals surface area contributed by atoms with Gasteiger partial charge in [-0.05, 0) is 20.8 Å². The Labute approximate surface area is 116 Å². The summed E-state index contributed by atoms with van der Waals surface area (Å²) >= 11 is 0. The zero-order valence-electron chi connectivity index (χ0n) is 11.7. The van der Waals surface area contributed by atoms with Gasteiger partial charge in [0.05, 0.1) is 12.7 Å². The van der Waals surface area contributed by atoms with Crippen LogP contribution in [0.3, 0.4) is 0 Å². The van der Waals surface area contributed by atoms with Crippen LogP contribution in [0.4, 0.5) is 4.79 Å². The van der Waals surface area contributed by atoms with Crippen molar-refractivity contribution in [3.8, 4) is 0 Å². The summed E-state index contributed by atoms with van der Waals surface area (Å²) in [5.41, 5.74) is -1.88. The van der Waals surface area contributed by atoms with Crippen LogP contribution < -0.4 is 0 Å². The number of ether oxygens (including phenoxy) is 1. The molecule has 0 aromatic carbocycles. The lowest BCUT2D eigenvalue weighted by Gasteiger charge is -2.26. The third-order valence-electron chi connectivity index (χ3n) is 3.16. The minimum absolute atomic E-state index is 0.0145. The molecule has 1 saturated heterocycles. The summed E-state index contributed by atoms with van der Waals surface area (Å²) in [6.07, 6.45) is 2.67. The zero-order valence-corrected chi connectivity index (χ0v) is 11.7. The molecule has 1 N–H and O–H groups in total. The third kappa shape index (κ3) is 2.59. The molecule has 1 aromatic rings. The lowest BCUT2D eigenvalue weighted by Crippen LogP contribution is -2.46. The first-order valence-electron chi connectivity index (χ1n) is 6.33. The topological polar surface area (TPSA) is 97.6 Å². The summed E-state index contributed by atoms with van der Waals surface area (Å²) < 4.78 is 6.55. The van der Waals surface area contributed by atoms with Gasteiger partial charge in [-0.25, -0.2) is 14.3 Å². The molecule has 110 valence electrons. The molecule has 2 rings (SSSR count). The summed E-state index contributed by atoms with van der Waals surface area (Å²) in [5.74, 6) is -1.03. The van der Waals surface area contributed by atoms with Crippen LogP contribution in [0.15, 0.2) is 12.4 Å². The van der Waals surface area contributed by atoms with Gasteiger partial charge in [-0.3, -0.25) is 0 Å². The van der Waals surface area contributed by atoms with Crippen LogP contribution in [-0.4, -0.2) is 55.8 Å². The molecule has 0 bridgehead atoms. The molecule has 1 aliphatic heterocycles. The predicted molar refractivity (Wildman–Crippen MR) is 68.1 cm³/mol. The van der Waals surface area contributed by atoms with Crippen molar-refractivity contribution in [2.24, 2.45) is 0 Å². The van der Waals surface area contributed by atoms with Crippen LogP contribution in [0.2, 0.25) is 0 Å². The van der Waals surface area contributed by atoms with Gasteiger partial charge in [0.2, 0.25) is 0 Å². The molecule has 0 radical (unpaired) electrons. The standard InChI is InChI=1S/C12H18N4O4/c1-11(2,3)20-10(19)15-6-4-12(8-15,9(17)18)16-7-5-13-14-16/h5,7H,4,6,8H2,1-3H3,(H,17,18). The first-order valence-corrected chi connectivity index (χ1v) is 6.33. The van der Waals surface area contributed by atoms with Crippen LogP contribution in [0, 0.1) is 0 Å². The molecule has 0 spiro atoms. The van der Waals surface area contributed by atoms with Crippen LogP contribution in [-0.2, 0) is 15.1 Å². The van der Waals surface area contributed by atoms with Gasteiger partial charge < -0.3 is 14.7 Å². The molecule has 0 aliphatic carbocycles. The van der Waals surface area contributed by atoms with Gasteiger partial charge >= 0.3 is 12.1 Å². The number of carbonyl (C=O) groups excluding carboxylic acids is 1. The molecule has 2 heterocycles. The van der Waals surface area contributed by atoms with Gasteiger partial charge in [-0.2, -0.15) is 0 Å². The van der Waals surface area contributed by atoms with Crippen LogP contribution in [0.1, 0.15) is 27.2 Å². The SMILES string of the molecule is CC(C)(C)OC(=O)N1CCC(C(=O)O)(n2ccnn2)C1. The van der Waals surface area contributed by atoms with E-state index in [9.17, 15) is 14.7 Å². The number of amides is 1. The van der Waals surface area contributed by atoms with Gasteiger partial charge in [-0.15, -0.1) is 5.10 Å². The zero-order chi connectivity index (χ0) is 15.0. The van der Waals surface area contributed by atoms with Crippen molar-refractivity contribution in [2.45, 2.75) is 38.3 Å². The number of rotatable bonds is 2. The Bertz CT molecular complexity index is 508. The summed E-state index contributed by atoms with van der Waals surface area (Å²) in [5, 5.41) is 16.9. The number of aliphatic carboxylic acids is 1. The Kier molecular flexibility index (Phi) is 3.41. The third-order valence-corrected chi connectivity index (χ3v) is 3.16. The largest absolute Gasteiger partial charge is 0.479 e. The Morgan fingerprint density at radius 1 is 1.40 bits per heavy atom. The highest BCUT2D eigenvalue weighted by Crippen LogP contribution is 2.29. The quantitative estimate of drug-likeness (QED) is 0.857. The van der Waals surface area contributed by atoms with E-state index in [0.29, 0.717) is 6.54 Å². The van der Waals surface area contributed by atoms with Gasteiger partial charge in [-0.1, -0.05) is 5.21 Å². The predicted octanol–water partition coefficient (Wildman–Crippen LogP) is 0.699. The minimum Gasteiger partial charge on any atom is -0.479 e. The van der Waals surface area contributed by atoms with E-state index in [1.165, 1.54) is 22.0 Å². The summed E-state index contributed by atoms with van der Waals surface area (Å²) in [7, 11) is 0. The van der Waals surface area contributed by atoms with Crippen molar-refractivity contribution in [1.82, 2.24) is 19.9 Å². The average Bonchev–Trinajstić information content (AvgIpc) is 2.97. The van der Waals surface area contributed by atoms with E-state index in [0.717, 1.165) is 0 Å². The second kappa shape index (κ2) is 4.77. The van der Waals surface area contributed by atoms with Crippen molar-refractivity contribution in [2.75, 3.05) is 13.1 Å². The summed E-state index contributed by atoms with van der Waals surface area (Å²) in [6, 6.07) is 0. The van der Waals surface area contributed by atoms with Crippen molar-refractivity contribution in [3.63, 3.8) is 0 Å². The lowest BCUT2D eigenvalue weighted by atomic mass is 9.99. The van der Waals surface area contributed by atoms with E-state index >= 15 is 0 Å². The Morgan fingerprint density at radius 2 is 2.10 bits per heavy atom. The Morgan fingerprint density at radius 3 is 2.60 bits per heavy atom. The number of carboxylic acid groups (broad SMARTS) is 1. The van der Waals surface area contributed by atoms with Gasteiger partial charge in [0.1, 0.15) is 5.60 Å². The monoisotopic (exact) mass is 282 g/mol. The molecule has 8 heteroatoms. The molecule has 1 atom stereocenters. The molecule has 1 aliphatic rings. The van der Waals surface area contributed by atoms with E-state index < -0.39 is 23.2 Å². The fourth-order valence-electron chi connectivity index (χ4n) is 2.17. The number of aromatic nitrogens is 3. The van der Waals surface area contributed by atoms with Crippen molar-refractivity contribution >= 4 is 12.1 Å². The molecule has 1 amide bonds. The maximum Gasteiger partial charge on any atom is 0.410 e. The van der Waals surface area contributed by atoms with E-state index in [4.69, 9.17) is 4.74 Å². The van der Waals surface area contributed by atoms with E-state index in [1.54, 1.807) is 20.8 Å². The van der Waals surface area contributed by atoms with Crippen LogP contribution in [0.25, 0.3) is 0 Å². The van der Waals surface area contributed by atoms with Crippen molar-refractivity contribution in [1.29, 1.82) is 0 Å². The van der Waals surface area contributed by atoms with Gasteiger partial charge in [0.15, 0.2) is 5.54 Å². The first-order chi connectivity index (χ1) is 9.24. The number of nitrogens with zero attached hydrogens (tertiary/aromatic N) is 4. The van der Waals surface area contributed by atoms with E-state index in [2.05, 4.69) is 10.3 Å². The number of carbonyl (C=O) groups is 2. The molecule has 1 fully saturated rings. The molecular weight excluding hydrogens is 264 g/mol. The maximum absolute atomic E-state index is 12.0. The molecular formula is C12H18N4O4. The lowest BCUT2D eigenvalue weighted by molar-refractivity contribution is -0.147. The molecule has 20 heavy (non-hydrogen) atoms. The Balaban J connectivity index is 2.17. The second-order valence-electron chi connectivity index (χ2n) is 5.84. The molecule has 8 nitrogen and oxygen atoms in total. The van der Waals surface area contributed by atoms with Crippen molar-refractivity contribution in [3.05, 3.63) is 12.4 Å². The highest BCUT2D eigenvalue weighted by molar-refractivity contribution is 5.79. The Hall–Kier alpha value is -2.12. The van der Waals surface area contributed by atoms with Crippen molar-refractivity contribution < 1.29 is 19.4 Å². The fourth-order valence-corrected chi connectivity index (χ4v) is 2.17. The second-order valence-corrected chi connectivity index (χ2v) is 5.84. The number of likely N-dealkylation sites (tertiary alicyclic amines) is 1. The van der Waals surface area contributed by atoms with Gasteiger partial charge in [0.25, 0.3) is 0 Å². The minimum atomic E-state index is -1.27. The molecule has 1 aromatic heterocycles. The van der Waals surface area contributed by atoms with Crippen LogP contribution in [0.5, 0.6) is 0 Å². The summed E-state index contributed by atoms with van der Waals surface area (Å²) in [6.45, 7) is 5.62. The summed E-state index contributed by atoms with van der Waals surface area (Å²) in [4.78, 5) is 25.0. The fraction of sp³-hybridized carbons (Fsp3) is 0.667. The number of carboxylic acids is 1. The van der Waals surface area contributed by atoms with Gasteiger partial charge in [0, 0.05) is 19.2 Å². The smallest absolute Gasteiger partial charge is 0.410 e. The van der Waals surface area contributed by atoms with E-state index in [1.807, 2.05) is 0 Å². The number of hydrogen-bond acceptors (Lipinski definition) is 5. The highest BCUT2D eigenvalue weighted by atomic mass is 16.6.